The van der Waals surface area contributed by atoms with Crippen molar-refractivity contribution in [1.82, 2.24) is 4.90 Å². The number of aliphatic hydroxyl groups is 1. The molecule has 1 N–H and O–H groups in total. The van der Waals surface area contributed by atoms with E-state index in [1.165, 1.54) is 0 Å². The molecule has 0 amide bonds. The molecule has 0 aliphatic rings. The van der Waals surface area contributed by atoms with E-state index in [0.29, 0.717) is 13.1 Å². The average molecular weight is 218 g/mol. The summed E-state index contributed by atoms with van der Waals surface area (Å²) in [5.74, 6) is 0. The normalized spacial score (nSPS) is 12.4. The van der Waals surface area contributed by atoms with E-state index in [4.69, 9.17) is 5.26 Å². The van der Waals surface area contributed by atoms with E-state index >= 15 is 0 Å². The molecule has 3 heteroatoms. The molecule has 1 aromatic rings. The Morgan fingerprint density at radius 2 is 2.06 bits per heavy atom. The zero-order valence-corrected chi connectivity index (χ0v) is 9.63. The first-order valence-electron chi connectivity index (χ1n) is 5.60. The van der Waals surface area contributed by atoms with Crippen molar-refractivity contribution in [3.8, 4) is 6.07 Å². The van der Waals surface area contributed by atoms with Crippen molar-refractivity contribution in [3.63, 3.8) is 0 Å². The second-order valence-corrected chi connectivity index (χ2v) is 3.82. The number of hydrogen-bond acceptors (Lipinski definition) is 3. The fourth-order valence-electron chi connectivity index (χ4n) is 1.68. The van der Waals surface area contributed by atoms with Gasteiger partial charge in [-0.15, -0.1) is 0 Å². The van der Waals surface area contributed by atoms with Crippen LogP contribution in [0.5, 0.6) is 0 Å². The van der Waals surface area contributed by atoms with Gasteiger partial charge in [0, 0.05) is 6.54 Å². The summed E-state index contributed by atoms with van der Waals surface area (Å²) in [7, 11) is 0. The lowest BCUT2D eigenvalue weighted by Crippen LogP contribution is -2.29. The summed E-state index contributed by atoms with van der Waals surface area (Å²) in [5, 5.41) is 18.7. The quantitative estimate of drug-likeness (QED) is 0.742. The highest BCUT2D eigenvalue weighted by Gasteiger charge is 2.12. The number of hydrogen-bond donors (Lipinski definition) is 1. The monoisotopic (exact) mass is 218 g/mol. The van der Waals surface area contributed by atoms with E-state index in [2.05, 4.69) is 13.0 Å². The van der Waals surface area contributed by atoms with Crippen molar-refractivity contribution in [2.45, 2.75) is 19.4 Å². The summed E-state index contributed by atoms with van der Waals surface area (Å²) in [4.78, 5) is 1.97. The summed E-state index contributed by atoms with van der Waals surface area (Å²) >= 11 is 0. The van der Waals surface area contributed by atoms with Crippen molar-refractivity contribution in [2.24, 2.45) is 0 Å². The van der Waals surface area contributed by atoms with Crippen LogP contribution in [-0.4, -0.2) is 29.6 Å². The molecule has 0 aromatic heterocycles. The van der Waals surface area contributed by atoms with Gasteiger partial charge >= 0.3 is 0 Å². The van der Waals surface area contributed by atoms with E-state index in [0.717, 1.165) is 18.5 Å². The van der Waals surface area contributed by atoms with Gasteiger partial charge in [-0.1, -0.05) is 37.3 Å². The number of nitrogens with zero attached hydrogens (tertiary/aromatic N) is 2. The Labute approximate surface area is 96.9 Å². The van der Waals surface area contributed by atoms with Crippen LogP contribution in [0.2, 0.25) is 0 Å². The Balaban J connectivity index is 2.55. The standard InChI is InChI=1S/C13H18N2O/c1-2-9-15(10-8-14)11-13(16)12-6-4-3-5-7-12/h3-7,13,16H,2,9-11H2,1H3. The maximum absolute atomic E-state index is 9.99. The highest BCUT2D eigenvalue weighted by Crippen LogP contribution is 2.13. The highest BCUT2D eigenvalue weighted by atomic mass is 16.3. The van der Waals surface area contributed by atoms with Crippen LogP contribution >= 0.6 is 0 Å². The second kappa shape index (κ2) is 7.00. The van der Waals surface area contributed by atoms with Gasteiger partial charge in [-0.05, 0) is 18.5 Å². The molecule has 0 heterocycles. The van der Waals surface area contributed by atoms with Crippen molar-refractivity contribution < 1.29 is 5.11 Å². The van der Waals surface area contributed by atoms with Crippen LogP contribution in [0.25, 0.3) is 0 Å². The van der Waals surface area contributed by atoms with E-state index in [9.17, 15) is 5.11 Å². The van der Waals surface area contributed by atoms with Crippen molar-refractivity contribution in [3.05, 3.63) is 35.9 Å². The number of nitriles is 1. The summed E-state index contributed by atoms with van der Waals surface area (Å²) in [5.41, 5.74) is 0.904. The van der Waals surface area contributed by atoms with Crippen molar-refractivity contribution in [1.29, 1.82) is 5.26 Å². The lowest BCUT2D eigenvalue weighted by molar-refractivity contribution is 0.120. The Bertz CT molecular complexity index is 332. The largest absolute Gasteiger partial charge is 0.387 e. The first-order chi connectivity index (χ1) is 7.77. The lowest BCUT2D eigenvalue weighted by Gasteiger charge is -2.21. The third-order valence-corrected chi connectivity index (χ3v) is 2.45. The molecule has 0 spiro atoms. The van der Waals surface area contributed by atoms with Crippen molar-refractivity contribution in [2.75, 3.05) is 19.6 Å². The van der Waals surface area contributed by atoms with Gasteiger partial charge in [0.1, 0.15) is 0 Å². The Hall–Kier alpha value is -1.37. The molecule has 1 unspecified atom stereocenters. The Morgan fingerprint density at radius 1 is 1.38 bits per heavy atom. The fraction of sp³-hybridized carbons (Fsp3) is 0.462. The zero-order chi connectivity index (χ0) is 11.8. The van der Waals surface area contributed by atoms with Gasteiger partial charge in [-0.2, -0.15) is 5.26 Å². The molecule has 0 saturated heterocycles. The summed E-state index contributed by atoms with van der Waals surface area (Å²) in [6.07, 6.45) is 0.476. The van der Waals surface area contributed by atoms with Crippen LogP contribution in [0.4, 0.5) is 0 Å². The number of rotatable bonds is 6. The summed E-state index contributed by atoms with van der Waals surface area (Å²) in [6, 6.07) is 11.7. The van der Waals surface area contributed by atoms with Crippen LogP contribution < -0.4 is 0 Å². The molecule has 16 heavy (non-hydrogen) atoms. The fourth-order valence-corrected chi connectivity index (χ4v) is 1.68. The predicted molar refractivity (Wildman–Crippen MR) is 63.7 cm³/mol. The van der Waals surface area contributed by atoms with Gasteiger partial charge in [0.05, 0.1) is 18.7 Å². The molecule has 0 fully saturated rings. The van der Waals surface area contributed by atoms with Gasteiger partial charge in [-0.3, -0.25) is 4.90 Å². The smallest absolute Gasteiger partial charge is 0.0917 e. The molecular formula is C13H18N2O. The molecule has 86 valence electrons. The van der Waals surface area contributed by atoms with E-state index in [1.54, 1.807) is 0 Å². The molecule has 3 nitrogen and oxygen atoms in total. The minimum atomic E-state index is -0.513. The van der Waals surface area contributed by atoms with E-state index < -0.39 is 6.10 Å². The number of benzene rings is 1. The molecular weight excluding hydrogens is 200 g/mol. The van der Waals surface area contributed by atoms with E-state index in [1.807, 2.05) is 35.2 Å². The summed E-state index contributed by atoms with van der Waals surface area (Å²) < 4.78 is 0. The molecule has 1 atom stereocenters. The average Bonchev–Trinajstić information content (AvgIpc) is 2.31. The first kappa shape index (κ1) is 12.7. The molecule has 1 aromatic carbocycles. The van der Waals surface area contributed by atoms with Gasteiger partial charge < -0.3 is 5.11 Å². The van der Waals surface area contributed by atoms with Crippen LogP contribution in [0.15, 0.2) is 30.3 Å². The van der Waals surface area contributed by atoms with Crippen LogP contribution in [-0.2, 0) is 0 Å². The molecule has 0 radical (unpaired) electrons. The zero-order valence-electron chi connectivity index (χ0n) is 9.63. The van der Waals surface area contributed by atoms with Crippen molar-refractivity contribution >= 4 is 0 Å². The third-order valence-electron chi connectivity index (χ3n) is 2.45. The predicted octanol–water partition coefficient (Wildman–Crippen LogP) is 1.96. The SMILES string of the molecule is CCCN(CC#N)CC(O)c1ccccc1. The van der Waals surface area contributed by atoms with Gasteiger partial charge in [-0.25, -0.2) is 0 Å². The van der Waals surface area contributed by atoms with Gasteiger partial charge in [0.2, 0.25) is 0 Å². The minimum Gasteiger partial charge on any atom is -0.387 e. The lowest BCUT2D eigenvalue weighted by atomic mass is 10.1. The topological polar surface area (TPSA) is 47.3 Å². The maximum atomic E-state index is 9.99. The maximum Gasteiger partial charge on any atom is 0.0917 e. The third kappa shape index (κ3) is 4.01. The summed E-state index contributed by atoms with van der Waals surface area (Å²) in [6.45, 7) is 3.81. The second-order valence-electron chi connectivity index (χ2n) is 3.82. The Kier molecular flexibility index (Phi) is 5.55. The van der Waals surface area contributed by atoms with Gasteiger partial charge in [0.25, 0.3) is 0 Å². The van der Waals surface area contributed by atoms with Gasteiger partial charge in [0.15, 0.2) is 0 Å². The molecule has 0 aliphatic heterocycles. The van der Waals surface area contributed by atoms with E-state index in [-0.39, 0.29) is 0 Å². The minimum absolute atomic E-state index is 0.373. The van der Waals surface area contributed by atoms with Crippen LogP contribution in [0.3, 0.4) is 0 Å². The highest BCUT2D eigenvalue weighted by molar-refractivity contribution is 5.17. The Morgan fingerprint density at radius 3 is 2.62 bits per heavy atom. The van der Waals surface area contributed by atoms with Crippen LogP contribution in [0.1, 0.15) is 25.0 Å². The molecule has 1 rings (SSSR count). The number of aliphatic hydroxyl groups excluding tert-OH is 1. The molecule has 0 aliphatic carbocycles. The van der Waals surface area contributed by atoms with Crippen LogP contribution in [0, 0.1) is 11.3 Å². The molecule has 0 bridgehead atoms. The first-order valence-corrected chi connectivity index (χ1v) is 5.60. The molecule has 0 saturated carbocycles.